The molecule has 8 heteroatoms. The molecule has 0 bridgehead atoms. The molecule has 0 radical (unpaired) electrons. The highest BCUT2D eigenvalue weighted by Crippen LogP contribution is 2.29. The first-order valence-corrected chi connectivity index (χ1v) is 10.2. The van der Waals surface area contributed by atoms with E-state index in [2.05, 4.69) is 5.10 Å². The van der Waals surface area contributed by atoms with E-state index in [-0.39, 0.29) is 26.2 Å². The highest BCUT2D eigenvalue weighted by atomic mass is 16.6. The normalized spacial score (nSPS) is 11.3. The second-order valence-electron chi connectivity index (χ2n) is 6.63. The van der Waals surface area contributed by atoms with Crippen LogP contribution in [0.25, 0.3) is 6.08 Å². The minimum atomic E-state index is -2.24. The van der Waals surface area contributed by atoms with E-state index in [0.29, 0.717) is 12.1 Å². The lowest BCUT2D eigenvalue weighted by Gasteiger charge is -2.26. The van der Waals surface area contributed by atoms with E-state index >= 15 is 0 Å². The van der Waals surface area contributed by atoms with Gasteiger partial charge in [-0.2, -0.15) is 5.10 Å². The zero-order valence-electron chi connectivity index (χ0n) is 18.1. The van der Waals surface area contributed by atoms with Crippen molar-refractivity contribution in [3.8, 4) is 0 Å². The van der Waals surface area contributed by atoms with Gasteiger partial charge in [0.25, 0.3) is 5.41 Å². The number of benzene rings is 1. The first kappa shape index (κ1) is 23.9. The number of allylic oxidation sites excluding steroid dienone is 1. The lowest BCUT2D eigenvalue weighted by Crippen LogP contribution is -2.51. The van der Waals surface area contributed by atoms with E-state index in [4.69, 9.17) is 14.2 Å². The Morgan fingerprint density at radius 2 is 1.48 bits per heavy atom. The lowest BCUT2D eigenvalue weighted by molar-refractivity contribution is -0.183. The van der Waals surface area contributed by atoms with Crippen LogP contribution in [-0.4, -0.2) is 47.5 Å². The molecule has 0 saturated heterocycles. The topological polar surface area (TPSA) is 96.7 Å². The van der Waals surface area contributed by atoms with Crippen molar-refractivity contribution in [3.63, 3.8) is 0 Å². The average Bonchev–Trinajstić information content (AvgIpc) is 3.20. The molecular formula is C23H28N2O6. The minimum Gasteiger partial charge on any atom is -0.465 e. The van der Waals surface area contributed by atoms with Gasteiger partial charge >= 0.3 is 17.9 Å². The van der Waals surface area contributed by atoms with Crippen molar-refractivity contribution in [2.75, 3.05) is 19.8 Å². The Morgan fingerprint density at radius 3 is 2.00 bits per heavy atom. The largest absolute Gasteiger partial charge is 0.465 e. The molecule has 2 aromatic rings. The molecule has 0 N–H and O–H groups in total. The third-order valence-electron chi connectivity index (χ3n) is 4.43. The molecule has 0 aliphatic rings. The smallest absolute Gasteiger partial charge is 0.335 e. The maximum Gasteiger partial charge on any atom is 0.335 e. The van der Waals surface area contributed by atoms with E-state index in [1.165, 1.54) is 6.20 Å². The second kappa shape index (κ2) is 11.7. The van der Waals surface area contributed by atoms with Gasteiger partial charge in [-0.25, -0.2) is 0 Å². The van der Waals surface area contributed by atoms with Crippen LogP contribution in [0.4, 0.5) is 0 Å². The molecule has 0 saturated carbocycles. The fourth-order valence-corrected chi connectivity index (χ4v) is 2.99. The standard InChI is InChI=1S/C23H28N2O6/c1-4-29-20(26)23(21(27)30-5-2,22(28)31-6-3)15-19-16-24-25(17-19)14-10-13-18-11-8-7-9-12-18/h7-13,16-17H,4-6,14-15H2,1-3H3. The Labute approximate surface area is 181 Å². The fraction of sp³-hybridized carbons (Fsp3) is 0.391. The number of carbonyl (C=O) groups is 3. The van der Waals surface area contributed by atoms with Gasteiger partial charge in [0.2, 0.25) is 0 Å². The van der Waals surface area contributed by atoms with Crippen LogP contribution >= 0.6 is 0 Å². The summed E-state index contributed by atoms with van der Waals surface area (Å²) in [6, 6.07) is 9.81. The Kier molecular flexibility index (Phi) is 8.99. The second-order valence-corrected chi connectivity index (χ2v) is 6.63. The third kappa shape index (κ3) is 6.04. The average molecular weight is 428 g/mol. The Morgan fingerprint density at radius 1 is 0.935 bits per heavy atom. The molecule has 0 unspecified atom stereocenters. The zero-order valence-corrected chi connectivity index (χ0v) is 18.1. The van der Waals surface area contributed by atoms with Crippen molar-refractivity contribution >= 4 is 24.0 Å². The Bertz CT molecular complexity index is 858. The van der Waals surface area contributed by atoms with Crippen molar-refractivity contribution in [2.24, 2.45) is 5.41 Å². The molecule has 0 aliphatic heterocycles. The summed E-state index contributed by atoms with van der Waals surface area (Å²) < 4.78 is 16.8. The summed E-state index contributed by atoms with van der Waals surface area (Å²) in [6.07, 6.45) is 6.79. The summed E-state index contributed by atoms with van der Waals surface area (Å²) in [5.41, 5.74) is -0.682. The fourth-order valence-electron chi connectivity index (χ4n) is 2.99. The molecular weight excluding hydrogens is 400 g/mol. The van der Waals surface area contributed by atoms with E-state index in [9.17, 15) is 14.4 Å². The van der Waals surface area contributed by atoms with Crippen molar-refractivity contribution < 1.29 is 28.6 Å². The molecule has 0 aliphatic carbocycles. The first-order chi connectivity index (χ1) is 15.0. The summed E-state index contributed by atoms with van der Waals surface area (Å²) in [7, 11) is 0. The van der Waals surface area contributed by atoms with Crippen LogP contribution in [0.2, 0.25) is 0 Å². The number of nitrogens with zero attached hydrogens (tertiary/aromatic N) is 2. The van der Waals surface area contributed by atoms with Crippen molar-refractivity contribution in [2.45, 2.75) is 33.7 Å². The summed E-state index contributed by atoms with van der Waals surface area (Å²) in [4.78, 5) is 38.3. The van der Waals surface area contributed by atoms with Gasteiger partial charge in [0.05, 0.1) is 32.6 Å². The molecule has 0 amide bonds. The summed E-state index contributed by atoms with van der Waals surface area (Å²) in [5.74, 6) is -2.99. The number of hydrogen-bond donors (Lipinski definition) is 0. The van der Waals surface area contributed by atoms with Crippen LogP contribution in [0.5, 0.6) is 0 Å². The number of carbonyl (C=O) groups excluding carboxylic acids is 3. The zero-order chi connectivity index (χ0) is 22.7. The van der Waals surface area contributed by atoms with Crippen LogP contribution in [0.3, 0.4) is 0 Å². The van der Waals surface area contributed by atoms with Gasteiger partial charge in [-0.15, -0.1) is 0 Å². The summed E-state index contributed by atoms with van der Waals surface area (Å²) >= 11 is 0. The van der Waals surface area contributed by atoms with Gasteiger partial charge in [-0.3, -0.25) is 19.1 Å². The number of ether oxygens (including phenoxy) is 3. The molecule has 1 heterocycles. The third-order valence-corrected chi connectivity index (χ3v) is 4.43. The van der Waals surface area contributed by atoms with Gasteiger partial charge in [0.1, 0.15) is 0 Å². The summed E-state index contributed by atoms with van der Waals surface area (Å²) in [5, 5.41) is 4.26. The van der Waals surface area contributed by atoms with E-state index in [1.807, 2.05) is 42.5 Å². The molecule has 8 nitrogen and oxygen atoms in total. The van der Waals surface area contributed by atoms with Gasteiger partial charge in [0, 0.05) is 12.6 Å². The number of hydrogen-bond acceptors (Lipinski definition) is 7. The van der Waals surface area contributed by atoms with Crippen LogP contribution in [0.1, 0.15) is 31.9 Å². The first-order valence-electron chi connectivity index (χ1n) is 10.2. The van der Waals surface area contributed by atoms with Crippen LogP contribution in [0.15, 0.2) is 48.8 Å². The van der Waals surface area contributed by atoms with Gasteiger partial charge in [-0.05, 0) is 31.9 Å². The monoisotopic (exact) mass is 428 g/mol. The highest BCUT2D eigenvalue weighted by molar-refractivity contribution is 6.18. The summed E-state index contributed by atoms with van der Waals surface area (Å²) in [6.45, 7) is 5.26. The molecule has 166 valence electrons. The maximum absolute atomic E-state index is 12.8. The van der Waals surface area contributed by atoms with Crippen molar-refractivity contribution in [1.29, 1.82) is 0 Å². The number of esters is 3. The quantitative estimate of drug-likeness (QED) is 0.308. The van der Waals surface area contributed by atoms with E-state index in [1.54, 1.807) is 31.6 Å². The molecule has 31 heavy (non-hydrogen) atoms. The molecule has 1 aromatic carbocycles. The highest BCUT2D eigenvalue weighted by Gasteiger charge is 2.57. The number of rotatable bonds is 11. The molecule has 0 fully saturated rings. The maximum atomic E-state index is 12.8. The minimum absolute atomic E-state index is 0.00291. The van der Waals surface area contributed by atoms with Crippen LogP contribution in [-0.2, 0) is 41.6 Å². The Hall–Kier alpha value is -3.42. The molecule has 1 aromatic heterocycles. The molecule has 0 spiro atoms. The Balaban J connectivity index is 2.27. The van der Waals surface area contributed by atoms with Gasteiger partial charge in [0.15, 0.2) is 0 Å². The van der Waals surface area contributed by atoms with Crippen LogP contribution in [0, 0.1) is 5.41 Å². The van der Waals surface area contributed by atoms with Crippen molar-refractivity contribution in [1.82, 2.24) is 9.78 Å². The van der Waals surface area contributed by atoms with Gasteiger partial charge in [-0.1, -0.05) is 42.5 Å². The van der Waals surface area contributed by atoms with Crippen LogP contribution < -0.4 is 0 Å². The van der Waals surface area contributed by atoms with E-state index < -0.39 is 23.3 Å². The molecule has 0 atom stereocenters. The predicted molar refractivity (Wildman–Crippen MR) is 114 cm³/mol. The lowest BCUT2D eigenvalue weighted by atomic mass is 9.82. The SMILES string of the molecule is CCOC(=O)C(Cc1cnn(CC=Cc2ccccc2)c1)(C(=O)OCC)C(=O)OCC. The molecule has 2 rings (SSSR count). The van der Waals surface area contributed by atoms with E-state index in [0.717, 1.165) is 5.56 Å². The predicted octanol–water partition coefficient (Wildman–Crippen LogP) is 2.81. The number of aromatic nitrogens is 2. The van der Waals surface area contributed by atoms with Crippen molar-refractivity contribution in [3.05, 3.63) is 59.9 Å². The van der Waals surface area contributed by atoms with Gasteiger partial charge < -0.3 is 14.2 Å².